The highest BCUT2D eigenvalue weighted by molar-refractivity contribution is 6.13. The summed E-state index contributed by atoms with van der Waals surface area (Å²) in [5.41, 5.74) is 6.18. The molecule has 1 saturated carbocycles. The van der Waals surface area contributed by atoms with Crippen molar-refractivity contribution in [2.45, 2.75) is 102 Å². The number of ether oxygens (including phenoxy) is 1. The number of fused-ring (bicyclic) bond motifs is 1. The third-order valence-corrected chi connectivity index (χ3v) is 10.2. The largest absolute Gasteiger partial charge is 0.426 e. The van der Waals surface area contributed by atoms with Crippen LogP contribution in [0.4, 0.5) is 10.5 Å². The number of benzene rings is 3. The topological polar surface area (TPSA) is 161 Å². The van der Waals surface area contributed by atoms with Crippen molar-refractivity contribution in [2.75, 3.05) is 5.32 Å². The summed E-state index contributed by atoms with van der Waals surface area (Å²) in [7, 11) is 0. The van der Waals surface area contributed by atoms with Crippen LogP contribution in [0.5, 0.6) is 0 Å². The Hall–Kier alpha value is -5.07. The van der Waals surface area contributed by atoms with E-state index in [2.05, 4.69) is 21.4 Å². The van der Waals surface area contributed by atoms with E-state index in [9.17, 15) is 24.3 Å². The summed E-state index contributed by atoms with van der Waals surface area (Å²) in [6.45, 7) is 4.99. The number of hydrazine groups is 1. The first kappa shape index (κ1) is 37.7. The first-order valence-corrected chi connectivity index (χ1v) is 18.6. The highest BCUT2D eigenvalue weighted by Gasteiger charge is 2.44. The van der Waals surface area contributed by atoms with Crippen LogP contribution in [-0.2, 0) is 32.0 Å². The molecule has 53 heavy (non-hydrogen) atoms. The van der Waals surface area contributed by atoms with E-state index in [-0.39, 0.29) is 18.8 Å². The molecule has 5 atom stereocenters. The Labute approximate surface area is 310 Å². The van der Waals surface area contributed by atoms with Gasteiger partial charge in [0.2, 0.25) is 18.0 Å². The van der Waals surface area contributed by atoms with Crippen LogP contribution in [-0.4, -0.2) is 69.7 Å². The van der Waals surface area contributed by atoms with Crippen LogP contribution < -0.4 is 21.4 Å². The molecule has 12 heteroatoms. The number of hydrogen-bond acceptors (Lipinski definition) is 8. The van der Waals surface area contributed by atoms with E-state index in [0.717, 1.165) is 54.5 Å². The number of amides is 4. The zero-order valence-corrected chi connectivity index (χ0v) is 30.6. The number of hydrogen-bond donors (Lipinski definition) is 5. The van der Waals surface area contributed by atoms with Crippen molar-refractivity contribution in [3.05, 3.63) is 102 Å². The molecule has 3 aromatic carbocycles. The number of rotatable bonds is 13. The van der Waals surface area contributed by atoms with Gasteiger partial charge in [0.05, 0.1) is 17.9 Å². The normalized spacial score (nSPS) is 20.8. The molecular weight excluding hydrogens is 672 g/mol. The third-order valence-electron chi connectivity index (χ3n) is 10.2. The number of benzodiazepines with no additional fused rings is 1. The lowest BCUT2D eigenvalue weighted by Crippen LogP contribution is -2.55. The molecular formula is C41H50N6O6. The second kappa shape index (κ2) is 16.7. The lowest BCUT2D eigenvalue weighted by Gasteiger charge is -2.32. The average Bonchev–Trinajstić information content (AvgIpc) is 3.35. The summed E-state index contributed by atoms with van der Waals surface area (Å²) in [5, 5.41) is 21.7. The van der Waals surface area contributed by atoms with E-state index in [0.29, 0.717) is 12.1 Å². The fourth-order valence-corrected chi connectivity index (χ4v) is 7.47. The van der Waals surface area contributed by atoms with Gasteiger partial charge in [0.15, 0.2) is 5.72 Å². The Balaban J connectivity index is 1.19. The zero-order chi connectivity index (χ0) is 37.5. The number of aliphatic imine (C=N–C) groups is 1. The summed E-state index contributed by atoms with van der Waals surface area (Å²) >= 11 is 0. The van der Waals surface area contributed by atoms with Crippen LogP contribution in [0.3, 0.4) is 0 Å². The molecule has 2 fully saturated rings. The Bertz CT molecular complexity index is 1790. The maximum atomic E-state index is 14.1. The van der Waals surface area contributed by atoms with Crippen molar-refractivity contribution in [3.63, 3.8) is 0 Å². The maximum absolute atomic E-state index is 14.1. The number of nitrogens with zero attached hydrogens (tertiary/aromatic N) is 2. The zero-order valence-electron chi connectivity index (χ0n) is 30.6. The maximum Gasteiger partial charge on any atom is 0.426 e. The van der Waals surface area contributed by atoms with Gasteiger partial charge in [-0.05, 0) is 70.1 Å². The minimum atomic E-state index is -1.18. The first-order chi connectivity index (χ1) is 25.5. The summed E-state index contributed by atoms with van der Waals surface area (Å²) in [6.07, 6.45) is 2.85. The minimum absolute atomic E-state index is 0.0171. The Morgan fingerprint density at radius 3 is 2.17 bits per heavy atom. The van der Waals surface area contributed by atoms with Gasteiger partial charge in [0.1, 0.15) is 6.04 Å². The van der Waals surface area contributed by atoms with Crippen LogP contribution in [0.15, 0.2) is 89.9 Å². The molecule has 1 aliphatic carbocycles. The number of cyclic esters (lactones) is 1. The Morgan fingerprint density at radius 2 is 1.53 bits per heavy atom. The minimum Gasteiger partial charge on any atom is -0.426 e. The highest BCUT2D eigenvalue weighted by atomic mass is 16.6. The van der Waals surface area contributed by atoms with Crippen LogP contribution in [0.25, 0.3) is 0 Å². The van der Waals surface area contributed by atoms with Gasteiger partial charge in [-0.1, -0.05) is 98.1 Å². The van der Waals surface area contributed by atoms with Crippen molar-refractivity contribution in [2.24, 2.45) is 16.8 Å². The number of para-hydroxylation sites is 1. The van der Waals surface area contributed by atoms with Gasteiger partial charge in [-0.15, -0.1) is 0 Å². The van der Waals surface area contributed by atoms with E-state index in [4.69, 9.17) is 9.73 Å². The predicted molar refractivity (Wildman–Crippen MR) is 201 cm³/mol. The summed E-state index contributed by atoms with van der Waals surface area (Å²) < 4.78 is 5.50. The molecule has 0 radical (unpaired) electrons. The number of carbonyl (C=O) groups is 4. The lowest BCUT2D eigenvalue weighted by molar-refractivity contribution is -0.132. The fraction of sp³-hybridized carbons (Fsp3) is 0.439. The first-order valence-electron chi connectivity index (χ1n) is 18.6. The second-order valence-electron chi connectivity index (χ2n) is 14.8. The molecule has 6 rings (SSSR count). The van der Waals surface area contributed by atoms with Crippen LogP contribution in [0, 0.1) is 11.8 Å². The quantitative estimate of drug-likeness (QED) is 0.168. The van der Waals surface area contributed by atoms with E-state index >= 15 is 0 Å². The molecule has 280 valence electrons. The molecule has 0 aromatic heterocycles. The van der Waals surface area contributed by atoms with Gasteiger partial charge in [-0.25, -0.2) is 9.80 Å². The molecule has 0 bridgehead atoms. The molecule has 12 nitrogen and oxygen atoms in total. The van der Waals surface area contributed by atoms with Crippen molar-refractivity contribution < 1.29 is 29.0 Å². The lowest BCUT2D eigenvalue weighted by atomic mass is 9.83. The van der Waals surface area contributed by atoms with E-state index in [1.54, 1.807) is 20.8 Å². The Morgan fingerprint density at radius 1 is 0.906 bits per heavy atom. The third kappa shape index (κ3) is 9.49. The molecule has 1 saturated heterocycles. The number of aliphatic hydroxyl groups excluding tert-OH is 1. The van der Waals surface area contributed by atoms with Gasteiger partial charge in [-0.3, -0.25) is 19.4 Å². The molecule has 1 unspecified atom stereocenters. The summed E-state index contributed by atoms with van der Waals surface area (Å²) in [5.74, 6) is -2.08. The van der Waals surface area contributed by atoms with Crippen molar-refractivity contribution >= 4 is 35.2 Å². The molecule has 3 aromatic rings. The summed E-state index contributed by atoms with van der Waals surface area (Å²) in [4.78, 5) is 59.0. The van der Waals surface area contributed by atoms with E-state index < -0.39 is 59.8 Å². The monoisotopic (exact) mass is 722 g/mol. The number of aliphatic hydroxyl groups is 1. The SMILES string of the molecule is C[C@H](NC(=O)[C@H](Cc1ccccc1)C[C@@H](O)[C@H](Cc1ccccc1)N1NC(C)(C)OC1=O)C(=O)NC1N=C(C2CCCCC2)c2ccccc2NC1=O. The number of anilines is 1. The average molecular weight is 723 g/mol. The molecule has 3 aliphatic rings. The van der Waals surface area contributed by atoms with Gasteiger partial charge >= 0.3 is 6.09 Å². The van der Waals surface area contributed by atoms with Crippen molar-refractivity contribution in [1.29, 1.82) is 0 Å². The second-order valence-corrected chi connectivity index (χ2v) is 14.8. The van der Waals surface area contributed by atoms with E-state index in [1.807, 2.05) is 84.9 Å². The highest BCUT2D eigenvalue weighted by Crippen LogP contribution is 2.32. The van der Waals surface area contributed by atoms with Crippen LogP contribution >= 0.6 is 0 Å². The van der Waals surface area contributed by atoms with E-state index in [1.165, 1.54) is 5.01 Å². The van der Waals surface area contributed by atoms with Crippen molar-refractivity contribution in [1.82, 2.24) is 21.1 Å². The van der Waals surface area contributed by atoms with Gasteiger partial charge < -0.3 is 25.8 Å². The van der Waals surface area contributed by atoms with Crippen LogP contribution in [0.1, 0.15) is 76.0 Å². The van der Waals surface area contributed by atoms with Gasteiger partial charge in [-0.2, -0.15) is 5.43 Å². The molecule has 4 amide bonds. The van der Waals surface area contributed by atoms with Crippen molar-refractivity contribution in [3.8, 4) is 0 Å². The molecule has 2 heterocycles. The number of nitrogens with one attached hydrogen (secondary N) is 4. The molecule has 2 aliphatic heterocycles. The van der Waals surface area contributed by atoms with Gasteiger partial charge in [0.25, 0.3) is 5.91 Å². The smallest absolute Gasteiger partial charge is 0.426 e. The molecule has 0 spiro atoms. The number of carbonyl (C=O) groups excluding carboxylic acids is 4. The summed E-state index contributed by atoms with van der Waals surface area (Å²) in [6, 6.07) is 24.7. The Kier molecular flexibility index (Phi) is 11.9. The molecule has 5 N–H and O–H groups in total. The van der Waals surface area contributed by atoms with Crippen LogP contribution in [0.2, 0.25) is 0 Å². The van der Waals surface area contributed by atoms with Gasteiger partial charge in [0, 0.05) is 23.1 Å². The fourth-order valence-electron chi connectivity index (χ4n) is 7.47. The predicted octanol–water partition coefficient (Wildman–Crippen LogP) is 4.87. The standard InChI is InChI=1S/C41H50N6O6/c1-26(37(49)45-36-39(51)43-32-22-14-13-21-31(32)35(44-36)29-19-11-6-12-20-29)42-38(50)30(23-27-15-7-4-8-16-27)25-34(48)33(24-28-17-9-5-10-18-28)47-40(52)53-41(2,3)46-47/h4-5,7-10,13-18,21-22,26,29-30,33-34,36,46,48H,6,11-12,19-20,23-25H2,1-3H3,(H,42,50)(H,43,51)(H,45,49)/t26-,30+,33-,34+,36?/m0/s1.